The maximum Gasteiger partial charge on any atom is 0.434 e. The van der Waals surface area contributed by atoms with Crippen molar-refractivity contribution in [1.29, 1.82) is 0 Å². The van der Waals surface area contributed by atoms with Crippen LogP contribution in [0.25, 0.3) is 0 Å². The van der Waals surface area contributed by atoms with Gasteiger partial charge in [-0.1, -0.05) is 20.8 Å². The highest BCUT2D eigenvalue weighted by atomic mass is 32.1. The maximum absolute atomic E-state index is 12.9. The fourth-order valence-electron chi connectivity index (χ4n) is 1.48. The van der Waals surface area contributed by atoms with E-state index in [1.54, 1.807) is 0 Å². The molecule has 104 valence electrons. The van der Waals surface area contributed by atoms with E-state index in [4.69, 9.17) is 0 Å². The molecule has 1 heterocycles. The number of thiazole rings is 1. The number of nitrogens with one attached hydrogen (secondary N) is 1. The van der Waals surface area contributed by atoms with Gasteiger partial charge in [0, 0.05) is 12.5 Å². The molecule has 0 fully saturated rings. The zero-order valence-corrected chi connectivity index (χ0v) is 11.7. The van der Waals surface area contributed by atoms with Crippen LogP contribution in [-0.2, 0) is 12.7 Å². The van der Waals surface area contributed by atoms with Crippen LogP contribution in [0.2, 0.25) is 0 Å². The van der Waals surface area contributed by atoms with E-state index in [1.807, 2.05) is 20.8 Å². The molecule has 0 aliphatic rings. The molecule has 0 aliphatic carbocycles. The molecule has 1 N–H and O–H groups in total. The van der Waals surface area contributed by atoms with Crippen LogP contribution in [0.3, 0.4) is 0 Å². The van der Waals surface area contributed by atoms with Crippen LogP contribution in [-0.4, -0.2) is 11.5 Å². The number of aromatic nitrogens is 1. The number of nitrogens with zero attached hydrogens (tertiary/aromatic N) is 1. The summed E-state index contributed by atoms with van der Waals surface area (Å²) in [6, 6.07) is 0. The summed E-state index contributed by atoms with van der Waals surface area (Å²) in [7, 11) is 0. The molecule has 0 amide bonds. The molecular formula is C12H19F3N2S. The lowest BCUT2D eigenvalue weighted by Gasteiger charge is -2.06. The molecule has 0 spiro atoms. The smallest absolute Gasteiger partial charge is 0.312 e. The first-order valence-electron chi connectivity index (χ1n) is 6.17. The zero-order chi connectivity index (χ0) is 13.8. The standard InChI is InChI=1S/C12H19F3N2S/c1-4-6-16-7-9-10(12(13,14)15)17-11(18-9)8(3)5-2/h8,16H,4-7H2,1-3H3. The fraction of sp³-hybridized carbons (Fsp3) is 0.750. The number of alkyl halides is 3. The van der Waals surface area contributed by atoms with E-state index in [0.717, 1.165) is 12.8 Å². The van der Waals surface area contributed by atoms with Gasteiger partial charge < -0.3 is 5.32 Å². The summed E-state index contributed by atoms with van der Waals surface area (Å²) in [4.78, 5) is 4.08. The normalized spacial score (nSPS) is 13.9. The predicted octanol–water partition coefficient (Wildman–Crippen LogP) is 4.18. The van der Waals surface area contributed by atoms with E-state index in [1.165, 1.54) is 11.3 Å². The average Bonchev–Trinajstić information content (AvgIpc) is 2.72. The van der Waals surface area contributed by atoms with Crippen LogP contribution in [0.15, 0.2) is 0 Å². The Bertz CT molecular complexity index is 374. The van der Waals surface area contributed by atoms with Crippen LogP contribution in [0.1, 0.15) is 55.1 Å². The number of rotatable bonds is 6. The van der Waals surface area contributed by atoms with Crippen molar-refractivity contribution in [3.8, 4) is 0 Å². The molecule has 1 unspecified atom stereocenters. The van der Waals surface area contributed by atoms with Gasteiger partial charge in [-0.15, -0.1) is 11.3 Å². The second-order valence-electron chi connectivity index (χ2n) is 4.31. The van der Waals surface area contributed by atoms with Gasteiger partial charge in [0.15, 0.2) is 5.69 Å². The summed E-state index contributed by atoms with van der Waals surface area (Å²) in [6.07, 6.45) is -2.66. The lowest BCUT2D eigenvalue weighted by atomic mass is 10.1. The summed E-state index contributed by atoms with van der Waals surface area (Å²) in [5, 5.41) is 3.59. The predicted molar refractivity (Wildman–Crippen MR) is 67.8 cm³/mol. The molecule has 18 heavy (non-hydrogen) atoms. The lowest BCUT2D eigenvalue weighted by molar-refractivity contribution is -0.141. The summed E-state index contributed by atoms with van der Waals surface area (Å²) in [5.41, 5.74) is -0.716. The van der Waals surface area contributed by atoms with Crippen molar-refractivity contribution in [1.82, 2.24) is 10.3 Å². The molecular weight excluding hydrogens is 261 g/mol. The molecule has 1 aromatic rings. The van der Waals surface area contributed by atoms with Gasteiger partial charge in [0.25, 0.3) is 0 Å². The molecule has 6 heteroatoms. The first-order valence-corrected chi connectivity index (χ1v) is 6.99. The van der Waals surface area contributed by atoms with Crippen molar-refractivity contribution >= 4 is 11.3 Å². The SMILES string of the molecule is CCCNCc1sc(C(C)CC)nc1C(F)(F)F. The van der Waals surface area contributed by atoms with Gasteiger partial charge in [-0.25, -0.2) is 4.98 Å². The Hall–Kier alpha value is -0.620. The van der Waals surface area contributed by atoms with Crippen LogP contribution in [0, 0.1) is 0 Å². The second kappa shape index (κ2) is 6.52. The highest BCUT2D eigenvalue weighted by Crippen LogP contribution is 2.36. The molecule has 0 radical (unpaired) electrons. The van der Waals surface area contributed by atoms with Gasteiger partial charge >= 0.3 is 6.18 Å². The van der Waals surface area contributed by atoms with Crippen LogP contribution >= 0.6 is 11.3 Å². The largest absolute Gasteiger partial charge is 0.434 e. The molecule has 0 bridgehead atoms. The van der Waals surface area contributed by atoms with Gasteiger partial charge in [-0.05, 0) is 19.4 Å². The second-order valence-corrected chi connectivity index (χ2v) is 5.42. The molecule has 0 saturated heterocycles. The molecule has 1 aromatic heterocycles. The van der Waals surface area contributed by atoms with Crippen molar-refractivity contribution < 1.29 is 13.2 Å². The van der Waals surface area contributed by atoms with Crippen LogP contribution in [0.5, 0.6) is 0 Å². The monoisotopic (exact) mass is 280 g/mol. The van der Waals surface area contributed by atoms with Crippen molar-refractivity contribution in [2.24, 2.45) is 0 Å². The van der Waals surface area contributed by atoms with Crippen LogP contribution < -0.4 is 5.32 Å². The van der Waals surface area contributed by atoms with E-state index in [-0.39, 0.29) is 12.5 Å². The summed E-state index contributed by atoms with van der Waals surface area (Å²) < 4.78 is 38.6. The van der Waals surface area contributed by atoms with E-state index < -0.39 is 11.9 Å². The van der Waals surface area contributed by atoms with Gasteiger partial charge in [-0.2, -0.15) is 13.2 Å². The maximum atomic E-state index is 12.9. The summed E-state index contributed by atoms with van der Waals surface area (Å²) in [6.45, 7) is 6.80. The number of hydrogen-bond donors (Lipinski definition) is 1. The first kappa shape index (κ1) is 15.4. The molecule has 2 nitrogen and oxygen atoms in total. The molecule has 0 saturated carbocycles. The molecule has 1 atom stereocenters. The van der Waals surface area contributed by atoms with E-state index in [2.05, 4.69) is 10.3 Å². The van der Waals surface area contributed by atoms with E-state index >= 15 is 0 Å². The van der Waals surface area contributed by atoms with Crippen molar-refractivity contribution in [3.05, 3.63) is 15.6 Å². The highest BCUT2D eigenvalue weighted by molar-refractivity contribution is 7.11. The molecule has 0 aliphatic heterocycles. The number of hydrogen-bond acceptors (Lipinski definition) is 3. The Balaban J connectivity index is 2.94. The molecule has 1 rings (SSSR count). The third-order valence-electron chi connectivity index (χ3n) is 2.73. The Morgan fingerprint density at radius 3 is 2.50 bits per heavy atom. The van der Waals surface area contributed by atoms with Crippen LogP contribution in [0.4, 0.5) is 13.2 Å². The van der Waals surface area contributed by atoms with Crippen molar-refractivity contribution in [3.63, 3.8) is 0 Å². The average molecular weight is 280 g/mol. The summed E-state index contributed by atoms with van der Waals surface area (Å²) >= 11 is 1.18. The minimum Gasteiger partial charge on any atom is -0.312 e. The lowest BCUT2D eigenvalue weighted by Crippen LogP contribution is -2.17. The fourth-order valence-corrected chi connectivity index (χ4v) is 2.66. The van der Waals surface area contributed by atoms with Gasteiger partial charge in [0.1, 0.15) is 0 Å². The minimum atomic E-state index is -4.36. The van der Waals surface area contributed by atoms with Gasteiger partial charge in [-0.3, -0.25) is 0 Å². The topological polar surface area (TPSA) is 24.9 Å². The highest BCUT2D eigenvalue weighted by Gasteiger charge is 2.37. The zero-order valence-electron chi connectivity index (χ0n) is 10.9. The van der Waals surface area contributed by atoms with E-state index in [9.17, 15) is 13.2 Å². The Morgan fingerprint density at radius 2 is 2.00 bits per heavy atom. The quantitative estimate of drug-likeness (QED) is 0.791. The Kier molecular flexibility index (Phi) is 5.59. The van der Waals surface area contributed by atoms with Crippen molar-refractivity contribution in [2.45, 2.75) is 52.3 Å². The van der Waals surface area contributed by atoms with Gasteiger partial charge in [0.05, 0.1) is 9.88 Å². The Labute approximate surface area is 110 Å². The van der Waals surface area contributed by atoms with Crippen molar-refractivity contribution in [2.75, 3.05) is 6.54 Å². The third-order valence-corrected chi connectivity index (χ3v) is 4.02. The Morgan fingerprint density at radius 1 is 1.33 bits per heavy atom. The summed E-state index contributed by atoms with van der Waals surface area (Å²) in [5.74, 6) is 0.0797. The first-order chi connectivity index (χ1) is 8.40. The van der Waals surface area contributed by atoms with E-state index in [0.29, 0.717) is 16.4 Å². The van der Waals surface area contributed by atoms with Gasteiger partial charge in [0.2, 0.25) is 0 Å². The third kappa shape index (κ3) is 3.95. The number of halogens is 3. The minimum absolute atomic E-state index is 0.0797. The molecule has 0 aromatic carbocycles.